The smallest absolute Gasteiger partial charge is 0.253 e. The molecular weight excluding hydrogens is 270 g/mol. The van der Waals surface area contributed by atoms with E-state index in [4.69, 9.17) is 14.2 Å². The zero-order valence-electron chi connectivity index (χ0n) is 12.5. The van der Waals surface area contributed by atoms with Crippen LogP contribution in [0, 0.1) is 0 Å². The molecule has 1 N–H and O–H groups in total. The van der Waals surface area contributed by atoms with Crippen molar-refractivity contribution in [2.45, 2.75) is 45.3 Å². The summed E-state index contributed by atoms with van der Waals surface area (Å²) >= 11 is 0. The first-order valence-corrected chi connectivity index (χ1v) is 7.56. The minimum Gasteiger partial charge on any atom is -0.492 e. The summed E-state index contributed by atoms with van der Waals surface area (Å²) in [6.07, 6.45) is 2.39. The quantitative estimate of drug-likeness (QED) is 0.926. The van der Waals surface area contributed by atoms with E-state index < -0.39 is 0 Å². The fourth-order valence-electron chi connectivity index (χ4n) is 2.81. The molecule has 21 heavy (non-hydrogen) atoms. The third-order valence-electron chi connectivity index (χ3n) is 3.78. The second-order valence-corrected chi connectivity index (χ2v) is 5.51. The second-order valence-electron chi connectivity index (χ2n) is 5.51. The van der Waals surface area contributed by atoms with E-state index in [1.54, 1.807) is 0 Å². The topological polar surface area (TPSA) is 56.8 Å². The summed E-state index contributed by atoms with van der Waals surface area (Å²) < 4.78 is 16.8. The predicted octanol–water partition coefficient (Wildman–Crippen LogP) is 2.53. The molecule has 2 aliphatic rings. The maximum Gasteiger partial charge on any atom is 0.253 e. The molecule has 2 aliphatic heterocycles. The molecule has 2 atom stereocenters. The first-order chi connectivity index (χ1) is 10.2. The summed E-state index contributed by atoms with van der Waals surface area (Å²) in [5, 5.41) is 2.91. The van der Waals surface area contributed by atoms with Crippen LogP contribution in [0.1, 0.15) is 32.3 Å². The number of ether oxygens (including phenoxy) is 3. The van der Waals surface area contributed by atoms with Gasteiger partial charge in [-0.3, -0.25) is 4.79 Å². The summed E-state index contributed by atoms with van der Waals surface area (Å²) in [6.45, 7) is 5.17. The number of hydrogen-bond acceptors (Lipinski definition) is 4. The van der Waals surface area contributed by atoms with Crippen molar-refractivity contribution in [1.82, 2.24) is 0 Å². The van der Waals surface area contributed by atoms with Gasteiger partial charge in [0.15, 0.2) is 0 Å². The van der Waals surface area contributed by atoms with Gasteiger partial charge >= 0.3 is 0 Å². The Morgan fingerprint density at radius 1 is 1.48 bits per heavy atom. The van der Waals surface area contributed by atoms with E-state index in [9.17, 15) is 4.79 Å². The molecule has 0 saturated carbocycles. The van der Waals surface area contributed by atoms with E-state index >= 15 is 0 Å². The van der Waals surface area contributed by atoms with Gasteiger partial charge in [0.05, 0.1) is 12.3 Å². The second kappa shape index (κ2) is 5.93. The minimum atomic E-state index is -0.354. The largest absolute Gasteiger partial charge is 0.492 e. The molecule has 2 unspecified atom stereocenters. The Hall–Kier alpha value is -1.75. The fourth-order valence-corrected chi connectivity index (χ4v) is 2.81. The van der Waals surface area contributed by atoms with E-state index in [1.807, 2.05) is 26.0 Å². The summed E-state index contributed by atoms with van der Waals surface area (Å²) in [5.41, 5.74) is 1.78. The zero-order valence-corrected chi connectivity index (χ0v) is 12.5. The van der Waals surface area contributed by atoms with Gasteiger partial charge < -0.3 is 19.5 Å². The van der Waals surface area contributed by atoms with E-state index in [1.165, 1.54) is 0 Å². The van der Waals surface area contributed by atoms with Gasteiger partial charge in [0, 0.05) is 24.7 Å². The van der Waals surface area contributed by atoms with Crippen LogP contribution in [0.3, 0.4) is 0 Å². The Kier molecular flexibility index (Phi) is 4.01. The molecule has 5 heteroatoms. The highest BCUT2D eigenvalue weighted by atomic mass is 16.5. The minimum absolute atomic E-state index is 0.112. The molecule has 114 valence electrons. The maximum absolute atomic E-state index is 12.2. The van der Waals surface area contributed by atoms with Crippen LogP contribution in [-0.4, -0.2) is 31.3 Å². The van der Waals surface area contributed by atoms with Crippen LogP contribution in [0.15, 0.2) is 12.1 Å². The number of benzene rings is 1. The highest BCUT2D eigenvalue weighted by molar-refractivity contribution is 5.96. The van der Waals surface area contributed by atoms with Crippen molar-refractivity contribution in [2.24, 2.45) is 0 Å². The van der Waals surface area contributed by atoms with Crippen LogP contribution >= 0.6 is 0 Å². The van der Waals surface area contributed by atoms with Crippen molar-refractivity contribution in [1.29, 1.82) is 0 Å². The van der Waals surface area contributed by atoms with Gasteiger partial charge in [0.2, 0.25) is 0 Å². The highest BCUT2D eigenvalue weighted by Crippen LogP contribution is 2.38. The molecule has 0 bridgehead atoms. The molecule has 1 aromatic rings. The molecule has 2 heterocycles. The number of fused-ring (bicyclic) bond motifs is 1. The van der Waals surface area contributed by atoms with Crippen LogP contribution in [0.25, 0.3) is 0 Å². The van der Waals surface area contributed by atoms with Crippen LogP contribution in [0.4, 0.5) is 5.69 Å². The Morgan fingerprint density at radius 3 is 3.05 bits per heavy atom. The van der Waals surface area contributed by atoms with Gasteiger partial charge in [0.25, 0.3) is 5.91 Å². The molecule has 1 saturated heterocycles. The van der Waals surface area contributed by atoms with E-state index in [0.717, 1.165) is 30.6 Å². The van der Waals surface area contributed by atoms with Crippen molar-refractivity contribution < 1.29 is 19.0 Å². The van der Waals surface area contributed by atoms with Gasteiger partial charge in [-0.25, -0.2) is 0 Å². The van der Waals surface area contributed by atoms with Crippen molar-refractivity contribution in [3.63, 3.8) is 0 Å². The molecule has 0 aliphatic carbocycles. The number of rotatable bonds is 4. The normalized spacial score (nSPS) is 23.5. The number of nitrogens with one attached hydrogen (secondary N) is 1. The van der Waals surface area contributed by atoms with Crippen molar-refractivity contribution in [3.05, 3.63) is 17.7 Å². The average Bonchev–Trinajstić information content (AvgIpc) is 3.07. The van der Waals surface area contributed by atoms with Gasteiger partial charge in [-0.05, 0) is 32.8 Å². The first-order valence-electron chi connectivity index (χ1n) is 7.56. The highest BCUT2D eigenvalue weighted by Gasteiger charge is 2.26. The Morgan fingerprint density at radius 2 is 2.33 bits per heavy atom. The monoisotopic (exact) mass is 291 g/mol. The molecule has 0 radical (unpaired) electrons. The van der Waals surface area contributed by atoms with Gasteiger partial charge in [-0.15, -0.1) is 0 Å². The first kappa shape index (κ1) is 14.2. The molecular formula is C16H21NO4. The number of amides is 1. The van der Waals surface area contributed by atoms with Crippen molar-refractivity contribution in [3.8, 4) is 11.5 Å². The third-order valence-corrected chi connectivity index (χ3v) is 3.78. The fraction of sp³-hybridized carbons (Fsp3) is 0.562. The van der Waals surface area contributed by atoms with E-state index in [-0.39, 0.29) is 18.1 Å². The van der Waals surface area contributed by atoms with Gasteiger partial charge in [-0.2, -0.15) is 0 Å². The summed E-state index contributed by atoms with van der Waals surface area (Å²) in [7, 11) is 0. The standard InChI is InChI=1S/C16H21NO4/c1-3-19-15-8-11-7-10(2)21-14(11)9-12(15)17-16(18)13-5-4-6-20-13/h8-10,13H,3-7H2,1-2H3,(H,17,18). The number of carbonyl (C=O) groups excluding carboxylic acids is 1. The van der Waals surface area contributed by atoms with Crippen LogP contribution in [0.2, 0.25) is 0 Å². The number of carbonyl (C=O) groups is 1. The Bertz CT molecular complexity index is 537. The summed E-state index contributed by atoms with van der Waals surface area (Å²) in [4.78, 5) is 12.2. The maximum atomic E-state index is 12.2. The summed E-state index contributed by atoms with van der Waals surface area (Å²) in [5.74, 6) is 1.41. The number of hydrogen-bond donors (Lipinski definition) is 1. The lowest BCUT2D eigenvalue weighted by atomic mass is 10.1. The molecule has 5 nitrogen and oxygen atoms in total. The van der Waals surface area contributed by atoms with Gasteiger partial charge in [0.1, 0.15) is 23.7 Å². The van der Waals surface area contributed by atoms with E-state index in [0.29, 0.717) is 24.7 Å². The number of anilines is 1. The lowest BCUT2D eigenvalue weighted by Gasteiger charge is -2.15. The molecule has 1 amide bonds. The lowest BCUT2D eigenvalue weighted by Crippen LogP contribution is -2.27. The molecule has 0 aromatic heterocycles. The van der Waals surface area contributed by atoms with Crippen molar-refractivity contribution >= 4 is 11.6 Å². The Balaban J connectivity index is 1.82. The van der Waals surface area contributed by atoms with Crippen LogP contribution < -0.4 is 14.8 Å². The average molecular weight is 291 g/mol. The molecule has 3 rings (SSSR count). The lowest BCUT2D eigenvalue weighted by molar-refractivity contribution is -0.124. The predicted molar refractivity (Wildman–Crippen MR) is 79.0 cm³/mol. The SMILES string of the molecule is CCOc1cc2c(cc1NC(=O)C1CCCO1)OC(C)C2. The Labute approximate surface area is 124 Å². The van der Waals surface area contributed by atoms with Crippen LogP contribution in [0.5, 0.6) is 11.5 Å². The van der Waals surface area contributed by atoms with Gasteiger partial charge in [-0.1, -0.05) is 0 Å². The molecule has 0 spiro atoms. The van der Waals surface area contributed by atoms with E-state index in [2.05, 4.69) is 5.32 Å². The third kappa shape index (κ3) is 2.97. The van der Waals surface area contributed by atoms with Crippen LogP contribution in [-0.2, 0) is 16.0 Å². The van der Waals surface area contributed by atoms with Crippen molar-refractivity contribution in [2.75, 3.05) is 18.5 Å². The zero-order chi connectivity index (χ0) is 14.8. The molecule has 1 fully saturated rings. The summed E-state index contributed by atoms with van der Waals surface area (Å²) in [6, 6.07) is 3.82. The molecule has 1 aromatic carbocycles.